The Morgan fingerprint density at radius 1 is 0.792 bits per heavy atom. The Balaban J connectivity index is 2.33. The van der Waals surface area contributed by atoms with Crippen molar-refractivity contribution in [2.45, 2.75) is 56.8 Å². The predicted octanol–water partition coefficient (Wildman–Crippen LogP) is 6.96. The average Bonchev–Trinajstić information content (AvgIpc) is 2.45. The summed E-state index contributed by atoms with van der Waals surface area (Å²) in [5.41, 5.74) is -2.30. The lowest BCUT2D eigenvalue weighted by molar-refractivity contribution is -0.143. The third-order valence-corrected chi connectivity index (χ3v) is 4.67. The molecule has 0 bridgehead atoms. The summed E-state index contributed by atoms with van der Waals surface area (Å²) in [5.74, 6) is 0.123. The highest BCUT2D eigenvalue weighted by atomic mass is 19.4. The van der Waals surface area contributed by atoms with Crippen molar-refractivity contribution in [3.63, 3.8) is 0 Å². The maximum atomic E-state index is 13.0. The molecule has 6 heteroatoms. The number of hydrogen-bond donors (Lipinski definition) is 0. The van der Waals surface area contributed by atoms with Crippen LogP contribution >= 0.6 is 0 Å². The minimum absolute atomic E-state index is 0.147. The summed E-state index contributed by atoms with van der Waals surface area (Å²) in [7, 11) is 0. The molecule has 0 saturated heterocycles. The van der Waals surface area contributed by atoms with Gasteiger partial charge in [-0.15, -0.1) is 6.58 Å². The second-order valence-corrected chi connectivity index (χ2v) is 6.39. The lowest BCUT2D eigenvalue weighted by atomic mass is 9.81. The molecule has 24 heavy (non-hydrogen) atoms. The summed E-state index contributed by atoms with van der Waals surface area (Å²) >= 11 is 0. The normalized spacial score (nSPS) is 23.4. The van der Waals surface area contributed by atoms with E-state index in [1.54, 1.807) is 0 Å². The SMILES string of the molecule is C=CC1CCCC(c2cc(C(F)(F)F)cc(C(F)(F)F)c2)CCC1. The third-order valence-electron chi connectivity index (χ3n) is 4.67. The van der Waals surface area contributed by atoms with E-state index in [-0.39, 0.29) is 17.5 Å². The summed E-state index contributed by atoms with van der Waals surface area (Å²) in [6.07, 6.45) is -3.18. The fraction of sp³-hybridized carbons (Fsp3) is 0.556. The Morgan fingerprint density at radius 2 is 1.25 bits per heavy atom. The molecule has 0 nitrogen and oxygen atoms in total. The highest BCUT2D eigenvalue weighted by molar-refractivity contribution is 5.35. The van der Waals surface area contributed by atoms with Crippen molar-refractivity contribution in [3.05, 3.63) is 47.5 Å². The number of rotatable bonds is 2. The number of alkyl halides is 6. The molecule has 1 saturated carbocycles. The average molecular weight is 350 g/mol. The maximum absolute atomic E-state index is 13.0. The molecule has 2 rings (SSSR count). The summed E-state index contributed by atoms with van der Waals surface area (Å²) in [6.45, 7) is 3.76. The van der Waals surface area contributed by atoms with Gasteiger partial charge in [0.25, 0.3) is 0 Å². The Morgan fingerprint density at radius 3 is 1.62 bits per heavy atom. The van der Waals surface area contributed by atoms with Crippen LogP contribution in [0.3, 0.4) is 0 Å². The predicted molar refractivity (Wildman–Crippen MR) is 80.6 cm³/mol. The molecule has 0 aliphatic heterocycles. The monoisotopic (exact) mass is 350 g/mol. The molecule has 0 aromatic heterocycles. The van der Waals surface area contributed by atoms with Gasteiger partial charge in [-0.1, -0.05) is 18.9 Å². The molecule has 0 amide bonds. The Kier molecular flexibility index (Phi) is 5.66. The fourth-order valence-corrected chi connectivity index (χ4v) is 3.33. The largest absolute Gasteiger partial charge is 0.416 e. The van der Waals surface area contributed by atoms with Gasteiger partial charge in [0.2, 0.25) is 0 Å². The van der Waals surface area contributed by atoms with Crippen LogP contribution in [0.25, 0.3) is 0 Å². The number of hydrogen-bond acceptors (Lipinski definition) is 0. The molecule has 0 spiro atoms. The van der Waals surface area contributed by atoms with Gasteiger partial charge in [0.05, 0.1) is 11.1 Å². The zero-order valence-corrected chi connectivity index (χ0v) is 13.2. The molecule has 1 aromatic carbocycles. The maximum Gasteiger partial charge on any atom is 0.416 e. The van der Waals surface area contributed by atoms with Crippen molar-refractivity contribution in [2.24, 2.45) is 5.92 Å². The van der Waals surface area contributed by atoms with Gasteiger partial charge >= 0.3 is 12.4 Å². The molecule has 1 aliphatic rings. The van der Waals surface area contributed by atoms with E-state index in [0.717, 1.165) is 37.8 Å². The van der Waals surface area contributed by atoms with Gasteiger partial charge in [-0.2, -0.15) is 26.3 Å². The first-order chi connectivity index (χ1) is 11.1. The van der Waals surface area contributed by atoms with E-state index in [1.807, 2.05) is 6.08 Å². The molecule has 0 N–H and O–H groups in total. The first-order valence-corrected chi connectivity index (χ1v) is 8.03. The smallest absolute Gasteiger partial charge is 0.166 e. The lowest BCUT2D eigenvalue weighted by Gasteiger charge is -2.25. The van der Waals surface area contributed by atoms with Crippen molar-refractivity contribution in [3.8, 4) is 0 Å². The molecule has 0 unspecified atom stereocenters. The molecule has 1 aliphatic carbocycles. The number of allylic oxidation sites excluding steroid dienone is 1. The Hall–Kier alpha value is -1.46. The van der Waals surface area contributed by atoms with Gasteiger partial charge in [0, 0.05) is 0 Å². The van der Waals surface area contributed by atoms with E-state index in [1.165, 1.54) is 0 Å². The van der Waals surface area contributed by atoms with Crippen molar-refractivity contribution in [1.29, 1.82) is 0 Å². The highest BCUT2D eigenvalue weighted by Crippen LogP contribution is 2.40. The van der Waals surface area contributed by atoms with Crippen molar-refractivity contribution >= 4 is 0 Å². The zero-order valence-electron chi connectivity index (χ0n) is 13.2. The molecule has 134 valence electrons. The van der Waals surface area contributed by atoms with Gasteiger partial charge in [0.1, 0.15) is 0 Å². The standard InChI is InChI=1S/C18H20F6/c1-2-12-5-3-7-13(8-4-6-12)14-9-15(17(19,20)21)11-16(10-14)18(22,23)24/h2,9-13H,1,3-8H2. The van der Waals surface area contributed by atoms with E-state index in [2.05, 4.69) is 6.58 Å². The summed E-state index contributed by atoms with van der Waals surface area (Å²) in [6, 6.07) is 1.96. The Labute approximate surface area is 137 Å². The quantitative estimate of drug-likeness (QED) is 0.399. The first kappa shape index (κ1) is 18.9. The van der Waals surface area contributed by atoms with Crippen LogP contribution in [0.5, 0.6) is 0 Å². The van der Waals surface area contributed by atoms with Crippen molar-refractivity contribution in [1.82, 2.24) is 0 Å². The lowest BCUT2D eigenvalue weighted by Crippen LogP contribution is -2.14. The van der Waals surface area contributed by atoms with E-state index >= 15 is 0 Å². The topological polar surface area (TPSA) is 0 Å². The third kappa shape index (κ3) is 4.77. The highest BCUT2D eigenvalue weighted by Gasteiger charge is 2.37. The van der Waals surface area contributed by atoms with Crippen LogP contribution in [0, 0.1) is 5.92 Å². The van der Waals surface area contributed by atoms with E-state index < -0.39 is 23.5 Å². The molecule has 0 heterocycles. The minimum atomic E-state index is -4.79. The van der Waals surface area contributed by atoms with Crippen LogP contribution in [0.2, 0.25) is 0 Å². The summed E-state index contributed by atoms with van der Waals surface area (Å²) < 4.78 is 77.8. The van der Waals surface area contributed by atoms with E-state index in [4.69, 9.17) is 0 Å². The molecule has 1 aromatic rings. The number of benzene rings is 1. The second kappa shape index (κ2) is 7.19. The fourth-order valence-electron chi connectivity index (χ4n) is 3.33. The van der Waals surface area contributed by atoms with Crippen molar-refractivity contribution < 1.29 is 26.3 Å². The van der Waals surface area contributed by atoms with Crippen LogP contribution in [0.15, 0.2) is 30.9 Å². The van der Waals surface area contributed by atoms with Gasteiger partial charge in [-0.05, 0) is 61.3 Å². The zero-order chi connectivity index (χ0) is 18.0. The van der Waals surface area contributed by atoms with Gasteiger partial charge in [0.15, 0.2) is 0 Å². The summed E-state index contributed by atoms with van der Waals surface area (Å²) in [4.78, 5) is 0. The van der Waals surface area contributed by atoms with Gasteiger partial charge in [-0.25, -0.2) is 0 Å². The number of halogens is 6. The van der Waals surface area contributed by atoms with E-state index in [9.17, 15) is 26.3 Å². The van der Waals surface area contributed by atoms with Gasteiger partial charge < -0.3 is 0 Å². The molecule has 0 radical (unpaired) electrons. The van der Waals surface area contributed by atoms with Crippen LogP contribution in [0.1, 0.15) is 61.1 Å². The second-order valence-electron chi connectivity index (χ2n) is 6.39. The van der Waals surface area contributed by atoms with Crippen LogP contribution in [0.4, 0.5) is 26.3 Å². The molecule has 0 atom stereocenters. The van der Waals surface area contributed by atoms with Crippen molar-refractivity contribution in [2.75, 3.05) is 0 Å². The molecule has 1 fully saturated rings. The van der Waals surface area contributed by atoms with Crippen LogP contribution in [-0.4, -0.2) is 0 Å². The van der Waals surface area contributed by atoms with E-state index in [0.29, 0.717) is 18.8 Å². The Bertz CT molecular complexity index is 528. The van der Waals surface area contributed by atoms with Gasteiger partial charge in [-0.3, -0.25) is 0 Å². The van der Waals surface area contributed by atoms with Crippen LogP contribution in [-0.2, 0) is 12.4 Å². The first-order valence-electron chi connectivity index (χ1n) is 8.03. The molecular weight excluding hydrogens is 330 g/mol. The van der Waals surface area contributed by atoms with Crippen LogP contribution < -0.4 is 0 Å². The molecular formula is C18H20F6. The minimum Gasteiger partial charge on any atom is -0.166 e. The summed E-state index contributed by atoms with van der Waals surface area (Å²) in [5, 5.41) is 0.